The summed E-state index contributed by atoms with van der Waals surface area (Å²) in [4.78, 5) is 25.9. The maximum Gasteiger partial charge on any atom is 0.351 e. The van der Waals surface area contributed by atoms with Gasteiger partial charge in [-0.25, -0.2) is 4.79 Å². The van der Waals surface area contributed by atoms with Crippen molar-refractivity contribution in [2.45, 2.75) is 0 Å². The molecule has 7 nitrogen and oxygen atoms in total. The fraction of sp³-hybridized carbons (Fsp3) is 0.120. The number of hydrogen-bond acceptors (Lipinski definition) is 7. The van der Waals surface area contributed by atoms with E-state index in [1.54, 1.807) is 43.5 Å². The van der Waals surface area contributed by atoms with Crippen LogP contribution in [0.5, 0.6) is 23.0 Å². The summed E-state index contributed by atoms with van der Waals surface area (Å²) in [6, 6.07) is 16.8. The lowest BCUT2D eigenvalue weighted by Gasteiger charge is -2.12. The average molecular weight is 432 g/mol. The molecule has 0 saturated heterocycles. The van der Waals surface area contributed by atoms with Crippen LogP contribution in [0.4, 0.5) is 0 Å². The number of hydrogen-bond donors (Lipinski definition) is 0. The van der Waals surface area contributed by atoms with Gasteiger partial charge in [-0.1, -0.05) is 24.3 Å². The van der Waals surface area contributed by atoms with Gasteiger partial charge in [0.15, 0.2) is 0 Å². The predicted molar refractivity (Wildman–Crippen MR) is 119 cm³/mol. The van der Waals surface area contributed by atoms with Crippen molar-refractivity contribution in [3.05, 3.63) is 82.7 Å². The van der Waals surface area contributed by atoms with Gasteiger partial charge in [0.25, 0.3) is 0 Å². The lowest BCUT2D eigenvalue weighted by atomic mass is 10.0. The van der Waals surface area contributed by atoms with Gasteiger partial charge in [-0.15, -0.1) is 0 Å². The Morgan fingerprint density at radius 1 is 0.781 bits per heavy atom. The number of methoxy groups -OCH3 is 3. The van der Waals surface area contributed by atoms with Crippen molar-refractivity contribution >= 4 is 16.9 Å². The molecular formula is C25H20O7. The first kappa shape index (κ1) is 21.0. The number of para-hydroxylation sites is 1. The molecule has 0 aliphatic heterocycles. The highest BCUT2D eigenvalue weighted by molar-refractivity contribution is 5.97. The molecule has 0 fully saturated rings. The second-order valence-electron chi connectivity index (χ2n) is 6.76. The average Bonchev–Trinajstić information content (AvgIpc) is 2.83. The van der Waals surface area contributed by atoms with Gasteiger partial charge in [0, 0.05) is 11.6 Å². The molecule has 0 radical (unpaired) electrons. The summed E-state index contributed by atoms with van der Waals surface area (Å²) in [5, 5.41) is 0.350. The van der Waals surface area contributed by atoms with E-state index in [-0.39, 0.29) is 22.3 Å². The molecule has 0 spiro atoms. The Morgan fingerprint density at radius 3 is 2.12 bits per heavy atom. The Bertz CT molecular complexity index is 1330. The van der Waals surface area contributed by atoms with Crippen LogP contribution in [0.25, 0.3) is 22.1 Å². The third-order valence-electron chi connectivity index (χ3n) is 4.99. The van der Waals surface area contributed by atoms with Crippen LogP contribution >= 0.6 is 0 Å². The monoisotopic (exact) mass is 432 g/mol. The normalized spacial score (nSPS) is 10.6. The van der Waals surface area contributed by atoms with Gasteiger partial charge in [-0.2, -0.15) is 0 Å². The smallest absolute Gasteiger partial charge is 0.351 e. The van der Waals surface area contributed by atoms with Crippen LogP contribution in [0.1, 0.15) is 10.4 Å². The maximum atomic E-state index is 13.1. The summed E-state index contributed by atoms with van der Waals surface area (Å²) in [6.07, 6.45) is 1.37. The van der Waals surface area contributed by atoms with Gasteiger partial charge in [0.05, 0.1) is 32.3 Å². The van der Waals surface area contributed by atoms with Gasteiger partial charge in [-0.05, 0) is 30.3 Å². The largest absolute Gasteiger partial charge is 0.496 e. The quantitative estimate of drug-likeness (QED) is 0.322. The van der Waals surface area contributed by atoms with E-state index in [2.05, 4.69) is 0 Å². The molecule has 162 valence electrons. The topological polar surface area (TPSA) is 84.2 Å². The molecule has 0 bridgehead atoms. The standard InChI is InChI=1S/C25H20O7/c1-28-19-8-5-4-7-16(19)18-14-31-22-13-15(11-12-17(22)24(18)26)32-25(27)23-20(29-2)9-6-10-21(23)30-3/h4-14H,1-3H3. The molecule has 0 aliphatic rings. The first-order valence-electron chi connectivity index (χ1n) is 9.69. The van der Waals surface area contributed by atoms with Crippen molar-refractivity contribution in [3.63, 3.8) is 0 Å². The van der Waals surface area contributed by atoms with Gasteiger partial charge < -0.3 is 23.4 Å². The Hall–Kier alpha value is -4.26. The number of ether oxygens (including phenoxy) is 4. The molecular weight excluding hydrogens is 412 g/mol. The van der Waals surface area contributed by atoms with E-state index in [4.69, 9.17) is 23.4 Å². The van der Waals surface area contributed by atoms with Gasteiger partial charge in [0.2, 0.25) is 5.43 Å². The lowest BCUT2D eigenvalue weighted by molar-refractivity contribution is 0.0727. The molecule has 0 saturated carbocycles. The van der Waals surface area contributed by atoms with E-state index in [0.717, 1.165) is 0 Å². The Balaban J connectivity index is 1.70. The number of fused-ring (bicyclic) bond motifs is 1. The van der Waals surface area contributed by atoms with Crippen molar-refractivity contribution in [2.24, 2.45) is 0 Å². The first-order valence-corrected chi connectivity index (χ1v) is 9.69. The molecule has 7 heteroatoms. The third-order valence-corrected chi connectivity index (χ3v) is 4.99. The van der Waals surface area contributed by atoms with Crippen molar-refractivity contribution < 1.29 is 28.2 Å². The van der Waals surface area contributed by atoms with Gasteiger partial charge in [-0.3, -0.25) is 4.79 Å². The number of benzene rings is 3. The molecule has 1 heterocycles. The minimum absolute atomic E-state index is 0.158. The molecule has 0 N–H and O–H groups in total. The van der Waals surface area contributed by atoms with Crippen LogP contribution in [0.3, 0.4) is 0 Å². The van der Waals surface area contributed by atoms with Gasteiger partial charge in [0.1, 0.15) is 40.4 Å². The van der Waals surface area contributed by atoms with Crippen LogP contribution < -0.4 is 24.4 Å². The number of rotatable bonds is 6. The SMILES string of the molecule is COc1ccccc1-c1coc2cc(OC(=O)c3c(OC)cccc3OC)ccc2c1=O. The van der Waals surface area contributed by atoms with Gasteiger partial charge >= 0.3 is 5.97 Å². The highest BCUT2D eigenvalue weighted by Crippen LogP contribution is 2.31. The molecule has 1 aromatic heterocycles. The maximum absolute atomic E-state index is 13.1. The predicted octanol–water partition coefficient (Wildman–Crippen LogP) is 4.71. The highest BCUT2D eigenvalue weighted by Gasteiger charge is 2.21. The third kappa shape index (κ3) is 3.76. The zero-order valence-electron chi connectivity index (χ0n) is 17.7. The summed E-state index contributed by atoms with van der Waals surface area (Å²) >= 11 is 0. The summed E-state index contributed by atoms with van der Waals surface area (Å²) in [7, 11) is 4.45. The Morgan fingerprint density at radius 2 is 1.44 bits per heavy atom. The molecule has 0 amide bonds. The van der Waals surface area contributed by atoms with E-state index in [1.807, 2.05) is 12.1 Å². The Labute approximate surface area is 183 Å². The van der Waals surface area contributed by atoms with E-state index in [0.29, 0.717) is 33.8 Å². The van der Waals surface area contributed by atoms with E-state index in [9.17, 15) is 9.59 Å². The number of carbonyl (C=O) groups is 1. The molecule has 32 heavy (non-hydrogen) atoms. The van der Waals surface area contributed by atoms with E-state index >= 15 is 0 Å². The van der Waals surface area contributed by atoms with E-state index < -0.39 is 5.97 Å². The number of carbonyl (C=O) groups excluding carboxylic acids is 1. The molecule has 4 aromatic rings. The first-order chi connectivity index (χ1) is 15.6. The van der Waals surface area contributed by atoms with E-state index in [1.165, 1.54) is 32.6 Å². The van der Waals surface area contributed by atoms with Crippen molar-refractivity contribution in [3.8, 4) is 34.1 Å². The van der Waals surface area contributed by atoms with Crippen LogP contribution in [-0.4, -0.2) is 27.3 Å². The van der Waals surface area contributed by atoms with Crippen LogP contribution in [0.2, 0.25) is 0 Å². The zero-order chi connectivity index (χ0) is 22.7. The van der Waals surface area contributed by atoms with Crippen molar-refractivity contribution in [1.29, 1.82) is 0 Å². The molecule has 0 atom stereocenters. The van der Waals surface area contributed by atoms with Crippen molar-refractivity contribution in [1.82, 2.24) is 0 Å². The summed E-state index contributed by atoms with van der Waals surface area (Å²) in [5.41, 5.74) is 1.22. The minimum Gasteiger partial charge on any atom is -0.496 e. The highest BCUT2D eigenvalue weighted by atomic mass is 16.5. The summed E-state index contributed by atoms with van der Waals surface area (Å²) in [5.74, 6) is 0.761. The molecule has 3 aromatic carbocycles. The number of esters is 1. The Kier molecular flexibility index (Phi) is 5.81. The summed E-state index contributed by atoms with van der Waals surface area (Å²) < 4.78 is 27.1. The minimum atomic E-state index is -0.661. The van der Waals surface area contributed by atoms with Crippen LogP contribution in [-0.2, 0) is 0 Å². The molecule has 4 rings (SSSR count). The summed E-state index contributed by atoms with van der Waals surface area (Å²) in [6.45, 7) is 0. The second-order valence-corrected chi connectivity index (χ2v) is 6.76. The zero-order valence-corrected chi connectivity index (χ0v) is 17.7. The lowest BCUT2D eigenvalue weighted by Crippen LogP contribution is -2.12. The van der Waals surface area contributed by atoms with Crippen LogP contribution in [0, 0.1) is 0 Å². The van der Waals surface area contributed by atoms with Crippen molar-refractivity contribution in [2.75, 3.05) is 21.3 Å². The molecule has 0 unspecified atom stereocenters. The second kappa shape index (κ2) is 8.85. The van der Waals surface area contributed by atoms with Crippen LogP contribution in [0.15, 0.2) is 76.1 Å². The fourth-order valence-corrected chi connectivity index (χ4v) is 3.44. The molecule has 0 aliphatic carbocycles. The fourth-order valence-electron chi connectivity index (χ4n) is 3.44.